The molecular formula is C24H25ClN6O2. The molecule has 0 spiro atoms. The minimum atomic E-state index is -0.450. The van der Waals surface area contributed by atoms with Crippen LogP contribution in [0.5, 0.6) is 0 Å². The fourth-order valence-electron chi connectivity index (χ4n) is 4.87. The van der Waals surface area contributed by atoms with Gasteiger partial charge in [-0.1, -0.05) is 43.0 Å². The van der Waals surface area contributed by atoms with Gasteiger partial charge >= 0.3 is 0 Å². The maximum absolute atomic E-state index is 13.6. The summed E-state index contributed by atoms with van der Waals surface area (Å²) in [6, 6.07) is 8.74. The van der Waals surface area contributed by atoms with Gasteiger partial charge in [-0.2, -0.15) is 0 Å². The normalized spacial score (nSPS) is 15.7. The molecule has 1 atom stereocenters. The van der Waals surface area contributed by atoms with Gasteiger partial charge in [0.1, 0.15) is 5.56 Å². The number of nitrogens with one attached hydrogen (secondary N) is 1. The summed E-state index contributed by atoms with van der Waals surface area (Å²) in [6.45, 7) is 1.87. The number of nitrogens with two attached hydrogens (primary N) is 1. The van der Waals surface area contributed by atoms with Crippen molar-refractivity contribution in [1.82, 2.24) is 24.5 Å². The van der Waals surface area contributed by atoms with Crippen molar-refractivity contribution in [3.63, 3.8) is 0 Å². The average Bonchev–Trinajstić information content (AvgIpc) is 3.15. The summed E-state index contributed by atoms with van der Waals surface area (Å²) >= 11 is 6.42. The smallest absolute Gasteiger partial charge is 0.260 e. The number of fused-ring (bicyclic) bond motifs is 2. The Balaban J connectivity index is 1.59. The Kier molecular flexibility index (Phi) is 5.54. The Morgan fingerprint density at radius 1 is 1.24 bits per heavy atom. The van der Waals surface area contributed by atoms with Crippen molar-refractivity contribution in [3.05, 3.63) is 69.4 Å². The van der Waals surface area contributed by atoms with Gasteiger partial charge < -0.3 is 15.6 Å². The topological polar surface area (TPSA) is 107 Å². The molecule has 1 aromatic carbocycles. The zero-order valence-electron chi connectivity index (χ0n) is 18.3. The molecule has 1 fully saturated rings. The highest BCUT2D eigenvalue weighted by atomic mass is 35.5. The highest BCUT2D eigenvalue weighted by molar-refractivity contribution is 6.35. The van der Waals surface area contributed by atoms with Gasteiger partial charge in [-0.15, -0.1) is 5.10 Å². The molecule has 1 saturated carbocycles. The lowest BCUT2D eigenvalue weighted by Gasteiger charge is -2.29. The van der Waals surface area contributed by atoms with Crippen LogP contribution in [0.4, 0.5) is 5.82 Å². The van der Waals surface area contributed by atoms with Crippen LogP contribution in [-0.2, 0) is 0 Å². The maximum atomic E-state index is 13.6. The summed E-state index contributed by atoms with van der Waals surface area (Å²) in [5.74, 6) is -0.282. The van der Waals surface area contributed by atoms with E-state index in [4.69, 9.17) is 17.3 Å². The van der Waals surface area contributed by atoms with E-state index in [-0.39, 0.29) is 28.9 Å². The molecule has 3 aromatic heterocycles. The van der Waals surface area contributed by atoms with Gasteiger partial charge in [-0.3, -0.25) is 9.59 Å². The van der Waals surface area contributed by atoms with Crippen LogP contribution in [0.25, 0.3) is 16.4 Å². The molecule has 0 aliphatic heterocycles. The first kappa shape index (κ1) is 21.5. The summed E-state index contributed by atoms with van der Waals surface area (Å²) in [7, 11) is 0. The first-order chi connectivity index (χ1) is 16.0. The van der Waals surface area contributed by atoms with Gasteiger partial charge in [0.05, 0.1) is 16.5 Å². The van der Waals surface area contributed by atoms with Gasteiger partial charge in [0.2, 0.25) is 0 Å². The van der Waals surface area contributed by atoms with E-state index in [0.29, 0.717) is 16.1 Å². The number of hydrogen-bond acceptors (Lipinski definition) is 5. The summed E-state index contributed by atoms with van der Waals surface area (Å²) in [6.07, 6.45) is 8.44. The van der Waals surface area contributed by atoms with E-state index in [9.17, 15) is 9.59 Å². The molecule has 5 rings (SSSR count). The van der Waals surface area contributed by atoms with E-state index < -0.39 is 6.04 Å². The first-order valence-electron chi connectivity index (χ1n) is 11.2. The molecule has 3 N–H and O–H groups in total. The number of carbonyl (C=O) groups is 1. The number of pyridine rings is 1. The summed E-state index contributed by atoms with van der Waals surface area (Å²) < 4.78 is 3.32. The molecule has 8 nitrogen and oxygen atoms in total. The molecule has 1 aliphatic carbocycles. The Bertz CT molecular complexity index is 1420. The summed E-state index contributed by atoms with van der Waals surface area (Å²) in [5, 5.41) is 8.90. The fraction of sp³-hybridized carbons (Fsp3) is 0.333. The van der Waals surface area contributed by atoms with Crippen molar-refractivity contribution >= 4 is 39.7 Å². The highest BCUT2D eigenvalue weighted by Crippen LogP contribution is 2.32. The molecule has 1 aliphatic rings. The zero-order chi connectivity index (χ0) is 23.1. The fourth-order valence-corrected chi connectivity index (χ4v) is 5.13. The number of nitrogens with zero attached hydrogens (tertiary/aromatic N) is 4. The van der Waals surface area contributed by atoms with Crippen molar-refractivity contribution in [2.24, 2.45) is 0 Å². The number of amides is 1. The predicted molar refractivity (Wildman–Crippen MR) is 129 cm³/mol. The molecule has 9 heteroatoms. The van der Waals surface area contributed by atoms with Gasteiger partial charge in [0.15, 0.2) is 11.5 Å². The van der Waals surface area contributed by atoms with Crippen LogP contribution in [-0.4, -0.2) is 25.1 Å². The molecule has 3 heterocycles. The van der Waals surface area contributed by atoms with E-state index in [1.54, 1.807) is 24.5 Å². The Labute approximate surface area is 195 Å². The standard InChI is InChI=1S/C24H25ClN6O2/c1-14(28-23(32)20-21(26)29-30-12-6-11-27-22(20)30)18-13-15-7-5-10-17(25)19(15)24(33)31(18)16-8-3-2-4-9-16/h5-7,10-14,16H,2-4,8-9H2,1H3,(H2,26,29)(H,28,32)/t14-/m0/s1. The summed E-state index contributed by atoms with van der Waals surface area (Å²) in [4.78, 5) is 31.1. The minimum absolute atomic E-state index is 0.0741. The lowest BCUT2D eigenvalue weighted by atomic mass is 9.94. The number of carbonyl (C=O) groups excluding carboxylic acids is 1. The van der Waals surface area contributed by atoms with Crippen molar-refractivity contribution in [2.75, 3.05) is 5.73 Å². The average molecular weight is 465 g/mol. The summed E-state index contributed by atoms with van der Waals surface area (Å²) in [5.41, 5.74) is 7.27. The number of benzene rings is 1. The minimum Gasteiger partial charge on any atom is -0.381 e. The molecule has 0 bridgehead atoms. The largest absolute Gasteiger partial charge is 0.381 e. The maximum Gasteiger partial charge on any atom is 0.260 e. The van der Waals surface area contributed by atoms with Crippen LogP contribution < -0.4 is 16.6 Å². The number of aromatic nitrogens is 4. The van der Waals surface area contributed by atoms with Crippen LogP contribution in [0.3, 0.4) is 0 Å². The first-order valence-corrected chi connectivity index (χ1v) is 11.6. The molecule has 0 unspecified atom stereocenters. The van der Waals surface area contributed by atoms with E-state index in [2.05, 4.69) is 15.4 Å². The van der Waals surface area contributed by atoms with Crippen LogP contribution in [0.15, 0.2) is 47.5 Å². The van der Waals surface area contributed by atoms with Gasteiger partial charge in [-0.25, -0.2) is 9.50 Å². The molecule has 0 radical (unpaired) electrons. The highest BCUT2D eigenvalue weighted by Gasteiger charge is 2.26. The van der Waals surface area contributed by atoms with Gasteiger partial charge in [-0.05, 0) is 43.4 Å². The van der Waals surface area contributed by atoms with Gasteiger partial charge in [0, 0.05) is 24.1 Å². The van der Waals surface area contributed by atoms with Crippen molar-refractivity contribution in [1.29, 1.82) is 0 Å². The molecule has 4 aromatic rings. The third-order valence-corrected chi connectivity index (χ3v) is 6.76. The van der Waals surface area contributed by atoms with E-state index >= 15 is 0 Å². The molecular weight excluding hydrogens is 440 g/mol. The zero-order valence-corrected chi connectivity index (χ0v) is 19.0. The second kappa shape index (κ2) is 8.51. The Morgan fingerprint density at radius 2 is 2.03 bits per heavy atom. The molecule has 0 saturated heterocycles. The number of halogens is 1. The van der Waals surface area contributed by atoms with Gasteiger partial charge in [0.25, 0.3) is 11.5 Å². The van der Waals surface area contributed by atoms with E-state index in [1.807, 2.05) is 29.7 Å². The number of hydrogen-bond donors (Lipinski definition) is 2. The van der Waals surface area contributed by atoms with Crippen LogP contribution in [0.1, 0.15) is 67.2 Å². The Hall–Kier alpha value is -3.39. The van der Waals surface area contributed by atoms with Crippen LogP contribution >= 0.6 is 11.6 Å². The molecule has 170 valence electrons. The van der Waals surface area contributed by atoms with E-state index in [0.717, 1.165) is 36.8 Å². The second-order valence-electron chi connectivity index (χ2n) is 8.58. The van der Waals surface area contributed by atoms with Crippen molar-refractivity contribution < 1.29 is 4.79 Å². The quantitative estimate of drug-likeness (QED) is 0.468. The van der Waals surface area contributed by atoms with Crippen molar-refractivity contribution in [2.45, 2.75) is 51.1 Å². The molecule has 33 heavy (non-hydrogen) atoms. The van der Waals surface area contributed by atoms with Crippen molar-refractivity contribution in [3.8, 4) is 0 Å². The SMILES string of the molecule is C[C@H](NC(=O)c1c(N)nn2cccnc12)c1cc2cccc(Cl)c2c(=O)n1C1CCCCC1. The molecule has 1 amide bonds. The predicted octanol–water partition coefficient (Wildman–Crippen LogP) is 4.28. The number of rotatable bonds is 4. The van der Waals surface area contributed by atoms with E-state index in [1.165, 1.54) is 10.9 Å². The lowest BCUT2D eigenvalue weighted by molar-refractivity contribution is 0.0940. The number of nitrogen functional groups attached to an aromatic ring is 1. The lowest BCUT2D eigenvalue weighted by Crippen LogP contribution is -2.35. The third kappa shape index (κ3) is 3.74. The third-order valence-electron chi connectivity index (χ3n) is 6.44. The number of anilines is 1. The second-order valence-corrected chi connectivity index (χ2v) is 8.99. The van der Waals surface area contributed by atoms with Crippen LogP contribution in [0.2, 0.25) is 5.02 Å². The Morgan fingerprint density at radius 3 is 2.82 bits per heavy atom. The monoisotopic (exact) mass is 464 g/mol. The van der Waals surface area contributed by atoms with Crippen LogP contribution in [0, 0.1) is 0 Å².